The maximum atomic E-state index is 6.53. The molecule has 5 aliphatic carbocycles. The van der Waals surface area contributed by atoms with Crippen molar-refractivity contribution in [2.75, 3.05) is 0 Å². The second-order valence-corrected chi connectivity index (χ2v) is 15.6. The van der Waals surface area contributed by atoms with Crippen LogP contribution in [-0.4, -0.2) is 18.3 Å². The van der Waals surface area contributed by atoms with Crippen LogP contribution in [0, 0.1) is 23.7 Å². The number of hydrogen-bond donors (Lipinski definition) is 0. The van der Waals surface area contributed by atoms with Gasteiger partial charge in [0.1, 0.15) is 11.2 Å². The molecule has 6 aliphatic rings. The molecule has 5 aromatic rings. The summed E-state index contributed by atoms with van der Waals surface area (Å²) in [6.07, 6.45) is 7.10. The molecule has 1 aromatic heterocycles. The number of hydrogen-bond acceptors (Lipinski definition) is 3. The lowest BCUT2D eigenvalue weighted by molar-refractivity contribution is -0.0399. The van der Waals surface area contributed by atoms with Gasteiger partial charge in [0.05, 0.1) is 11.2 Å². The third-order valence-corrected chi connectivity index (χ3v) is 12.9. The minimum absolute atomic E-state index is 0.180. The lowest BCUT2D eigenvalue weighted by Gasteiger charge is -2.61. The van der Waals surface area contributed by atoms with Crippen molar-refractivity contribution < 1.29 is 13.7 Å². The van der Waals surface area contributed by atoms with Crippen LogP contribution < -0.4 is 5.46 Å². The van der Waals surface area contributed by atoms with E-state index in [0.717, 1.165) is 51.1 Å². The first kappa shape index (κ1) is 25.9. The van der Waals surface area contributed by atoms with Gasteiger partial charge in [-0.25, -0.2) is 0 Å². The lowest BCUT2D eigenvalue weighted by atomic mass is 9.43. The summed E-state index contributed by atoms with van der Waals surface area (Å²) in [6.45, 7) is 8.39. The third-order valence-electron chi connectivity index (χ3n) is 12.9. The van der Waals surface area contributed by atoms with Crippen molar-refractivity contribution in [1.82, 2.24) is 0 Å². The highest BCUT2D eigenvalue weighted by Crippen LogP contribution is 2.69. The van der Waals surface area contributed by atoms with Gasteiger partial charge in [0, 0.05) is 21.7 Å². The Morgan fingerprint density at radius 3 is 2.02 bits per heavy atom. The van der Waals surface area contributed by atoms with E-state index in [0.29, 0.717) is 0 Å². The van der Waals surface area contributed by atoms with Crippen molar-refractivity contribution in [2.24, 2.45) is 23.7 Å². The molecule has 11 rings (SSSR count). The van der Waals surface area contributed by atoms with Crippen LogP contribution in [0.4, 0.5) is 0 Å². The van der Waals surface area contributed by atoms with Gasteiger partial charge in [-0.15, -0.1) is 0 Å². The van der Waals surface area contributed by atoms with Gasteiger partial charge < -0.3 is 13.7 Å². The standard InChI is InChI=1S/C40H39BO3/c1-38(2)39(3,4)44-41(43-38)35-11-7-9-31-32-21-25(13-15-36(32)42-37(31)35)26-12-14-30-29-8-5-6-10-33(29)40(34(30)22-26)27-17-23-16-24(19-27)20-28(40)18-23/h5-15,21-24,27-28H,16-20H2,1-4H3. The maximum Gasteiger partial charge on any atom is 0.498 e. The maximum absolute atomic E-state index is 6.53. The smallest absolute Gasteiger partial charge is 0.456 e. The van der Waals surface area contributed by atoms with Crippen LogP contribution in [0.3, 0.4) is 0 Å². The van der Waals surface area contributed by atoms with Crippen LogP contribution in [0.25, 0.3) is 44.2 Å². The van der Waals surface area contributed by atoms with Gasteiger partial charge in [-0.3, -0.25) is 0 Å². The molecule has 0 N–H and O–H groups in total. The van der Waals surface area contributed by atoms with E-state index in [2.05, 4.69) is 107 Å². The second kappa shape index (κ2) is 8.47. The Kier molecular flexibility index (Phi) is 4.99. The van der Waals surface area contributed by atoms with E-state index < -0.39 is 18.3 Å². The number of benzene rings is 4. The molecular weight excluding hydrogens is 539 g/mol. The molecular formula is C40H39BO3. The first-order valence-electron chi connectivity index (χ1n) is 16.8. The summed E-state index contributed by atoms with van der Waals surface area (Å²) in [5, 5.41) is 2.25. The summed E-state index contributed by atoms with van der Waals surface area (Å²) in [6, 6.07) is 29.8. The average molecular weight is 579 g/mol. The SMILES string of the molecule is CC1(C)OB(c2cccc3c2oc2ccc(-c4ccc5c(c4)C4(c6ccccc6-5)C5CC6CC(C5)CC4C6)cc23)OC1(C)C. The minimum atomic E-state index is -0.459. The molecule has 4 heteroatoms. The number of fused-ring (bicyclic) bond motifs is 6. The fraction of sp³-hybridized carbons (Fsp3) is 0.400. The highest BCUT2D eigenvalue weighted by Gasteiger charge is 2.61. The summed E-state index contributed by atoms with van der Waals surface area (Å²) in [4.78, 5) is 0. The Balaban J connectivity index is 1.10. The third kappa shape index (κ3) is 3.21. The summed E-state index contributed by atoms with van der Waals surface area (Å²) in [5.41, 5.74) is 10.8. The first-order chi connectivity index (χ1) is 21.2. The summed E-state index contributed by atoms with van der Waals surface area (Å²) in [7, 11) is -0.459. The Morgan fingerprint density at radius 2 is 1.27 bits per heavy atom. The van der Waals surface area contributed by atoms with Crippen molar-refractivity contribution in [3.63, 3.8) is 0 Å². The molecule has 0 unspecified atom stereocenters. The van der Waals surface area contributed by atoms with Crippen LogP contribution in [-0.2, 0) is 14.7 Å². The number of rotatable bonds is 2. The Hall–Kier alpha value is -3.34. The van der Waals surface area contributed by atoms with E-state index in [1.165, 1.54) is 54.4 Å². The highest BCUT2D eigenvalue weighted by atomic mass is 16.7. The molecule has 0 radical (unpaired) electrons. The molecule has 220 valence electrons. The van der Waals surface area contributed by atoms with Crippen molar-refractivity contribution in [2.45, 2.75) is 76.4 Å². The van der Waals surface area contributed by atoms with Gasteiger partial charge in [0.25, 0.3) is 0 Å². The number of para-hydroxylation sites is 1. The van der Waals surface area contributed by atoms with E-state index in [9.17, 15) is 0 Å². The monoisotopic (exact) mass is 578 g/mol. The Morgan fingerprint density at radius 1 is 0.614 bits per heavy atom. The average Bonchev–Trinajstić information content (AvgIpc) is 3.59. The van der Waals surface area contributed by atoms with Crippen molar-refractivity contribution >= 4 is 34.5 Å². The molecule has 1 saturated heterocycles. The Bertz CT molecular complexity index is 1970. The predicted octanol–water partition coefficient (Wildman–Crippen LogP) is 9.27. The second-order valence-electron chi connectivity index (χ2n) is 15.6. The van der Waals surface area contributed by atoms with Crippen LogP contribution in [0.5, 0.6) is 0 Å². The lowest BCUT2D eigenvalue weighted by Crippen LogP contribution is -2.55. The highest BCUT2D eigenvalue weighted by molar-refractivity contribution is 6.65. The van der Waals surface area contributed by atoms with Crippen molar-refractivity contribution in [3.05, 3.63) is 90.0 Å². The van der Waals surface area contributed by atoms with Crippen LogP contribution >= 0.6 is 0 Å². The molecule has 5 fully saturated rings. The molecule has 1 spiro atoms. The van der Waals surface area contributed by atoms with Crippen molar-refractivity contribution in [3.8, 4) is 22.3 Å². The molecule has 3 nitrogen and oxygen atoms in total. The molecule has 0 amide bonds. The predicted molar refractivity (Wildman–Crippen MR) is 178 cm³/mol. The molecule has 1 aliphatic heterocycles. The molecule has 4 aromatic carbocycles. The first-order valence-corrected chi connectivity index (χ1v) is 16.8. The van der Waals surface area contributed by atoms with E-state index in [1.807, 2.05) is 0 Å². The van der Waals surface area contributed by atoms with Gasteiger partial charge >= 0.3 is 7.12 Å². The minimum Gasteiger partial charge on any atom is -0.456 e. The van der Waals surface area contributed by atoms with E-state index >= 15 is 0 Å². The van der Waals surface area contributed by atoms with Crippen LogP contribution in [0.1, 0.15) is 70.9 Å². The summed E-state index contributed by atoms with van der Waals surface area (Å²) >= 11 is 0. The largest absolute Gasteiger partial charge is 0.498 e. The van der Waals surface area contributed by atoms with E-state index in [-0.39, 0.29) is 5.41 Å². The molecule has 0 atom stereocenters. The molecule has 4 bridgehead atoms. The summed E-state index contributed by atoms with van der Waals surface area (Å²) < 4.78 is 19.4. The quantitative estimate of drug-likeness (QED) is 0.196. The van der Waals surface area contributed by atoms with Gasteiger partial charge in [-0.2, -0.15) is 0 Å². The zero-order valence-corrected chi connectivity index (χ0v) is 26.2. The summed E-state index contributed by atoms with van der Waals surface area (Å²) in [5.74, 6) is 3.43. The Labute approximate surface area is 260 Å². The van der Waals surface area contributed by atoms with Gasteiger partial charge in [0.2, 0.25) is 0 Å². The zero-order valence-electron chi connectivity index (χ0n) is 26.2. The fourth-order valence-electron chi connectivity index (χ4n) is 10.5. The van der Waals surface area contributed by atoms with Crippen molar-refractivity contribution in [1.29, 1.82) is 0 Å². The van der Waals surface area contributed by atoms with E-state index in [1.54, 1.807) is 11.1 Å². The van der Waals surface area contributed by atoms with Gasteiger partial charge in [-0.05, 0) is 135 Å². The molecule has 4 saturated carbocycles. The fourth-order valence-corrected chi connectivity index (χ4v) is 10.5. The normalized spacial score (nSPS) is 30.5. The van der Waals surface area contributed by atoms with Crippen LogP contribution in [0.15, 0.2) is 83.3 Å². The molecule has 44 heavy (non-hydrogen) atoms. The van der Waals surface area contributed by atoms with Gasteiger partial charge in [-0.1, -0.05) is 60.7 Å². The zero-order chi connectivity index (χ0) is 29.6. The molecule has 2 heterocycles. The van der Waals surface area contributed by atoms with Gasteiger partial charge in [0.15, 0.2) is 0 Å². The van der Waals surface area contributed by atoms with E-state index in [4.69, 9.17) is 13.7 Å². The number of furan rings is 1. The van der Waals surface area contributed by atoms with Crippen LogP contribution in [0.2, 0.25) is 0 Å². The topological polar surface area (TPSA) is 31.6 Å².